The smallest absolute Gasteiger partial charge is 0.0576 e. The Labute approximate surface area is 197 Å². The highest BCUT2D eigenvalue weighted by Crippen LogP contribution is 2.36. The van der Waals surface area contributed by atoms with Crippen molar-refractivity contribution in [3.05, 3.63) is 125 Å². The molecule has 0 aliphatic rings. The summed E-state index contributed by atoms with van der Waals surface area (Å²) < 4.78 is 2.40. The second-order valence-electron chi connectivity index (χ2n) is 8.28. The van der Waals surface area contributed by atoms with E-state index in [2.05, 4.69) is 129 Å². The van der Waals surface area contributed by atoms with Crippen molar-refractivity contribution in [3.8, 4) is 5.69 Å². The standard InChI is InChI=1S/C25H23N.C7H8/c1-4-9-19-13-16-24-23(17-19)22-15-14-20(10-5-2)18(3)25(22)26(24)21-11-7-6-8-12-21;1-7-5-3-2-4-6-7/h4-17H,1-3H3;2-6H,1H3/b9-4+,10-5-;. The number of para-hydroxylation sites is 1. The highest BCUT2D eigenvalue weighted by molar-refractivity contribution is 6.11. The number of nitrogens with zero attached hydrogens (tertiary/aromatic N) is 1. The Balaban J connectivity index is 0.000000318. The predicted molar refractivity (Wildman–Crippen MR) is 146 cm³/mol. The lowest BCUT2D eigenvalue weighted by atomic mass is 10.0. The lowest BCUT2D eigenvalue weighted by molar-refractivity contribution is 1.17. The highest BCUT2D eigenvalue weighted by Gasteiger charge is 2.15. The quantitative estimate of drug-likeness (QED) is 0.269. The van der Waals surface area contributed by atoms with Crippen LogP contribution in [0.1, 0.15) is 36.1 Å². The Hall–Kier alpha value is -3.84. The summed E-state index contributed by atoms with van der Waals surface area (Å²) in [5.41, 5.74) is 8.89. The number of benzene rings is 4. The van der Waals surface area contributed by atoms with Gasteiger partial charge in [0.1, 0.15) is 0 Å². The molecule has 0 bridgehead atoms. The molecule has 0 fully saturated rings. The number of allylic oxidation sites excluding steroid dienone is 2. The van der Waals surface area contributed by atoms with Gasteiger partial charge in [0, 0.05) is 16.5 Å². The third-order valence-corrected chi connectivity index (χ3v) is 5.91. The Morgan fingerprint density at radius 2 is 1.30 bits per heavy atom. The van der Waals surface area contributed by atoms with Crippen LogP contribution in [0.5, 0.6) is 0 Å². The molecule has 164 valence electrons. The largest absolute Gasteiger partial charge is 0.309 e. The first-order valence-corrected chi connectivity index (χ1v) is 11.5. The fourth-order valence-corrected chi connectivity index (χ4v) is 4.34. The molecule has 5 rings (SSSR count). The van der Waals surface area contributed by atoms with Crippen molar-refractivity contribution in [1.29, 1.82) is 0 Å². The van der Waals surface area contributed by atoms with Crippen molar-refractivity contribution in [1.82, 2.24) is 4.57 Å². The molecular formula is C32H31N. The fourth-order valence-electron chi connectivity index (χ4n) is 4.34. The van der Waals surface area contributed by atoms with Crippen LogP contribution in [0.4, 0.5) is 0 Å². The molecule has 0 aliphatic carbocycles. The van der Waals surface area contributed by atoms with Gasteiger partial charge in [-0.05, 0) is 68.7 Å². The molecule has 0 saturated heterocycles. The van der Waals surface area contributed by atoms with Crippen molar-refractivity contribution < 1.29 is 0 Å². The van der Waals surface area contributed by atoms with E-state index >= 15 is 0 Å². The lowest BCUT2D eigenvalue weighted by Gasteiger charge is -2.11. The van der Waals surface area contributed by atoms with Crippen LogP contribution in [0.3, 0.4) is 0 Å². The minimum atomic E-state index is 1.20. The summed E-state index contributed by atoms with van der Waals surface area (Å²) in [7, 11) is 0. The zero-order valence-electron chi connectivity index (χ0n) is 19.9. The van der Waals surface area contributed by atoms with Crippen molar-refractivity contribution in [2.75, 3.05) is 0 Å². The Morgan fingerprint density at radius 3 is 1.91 bits per heavy atom. The van der Waals surface area contributed by atoms with E-state index in [1.54, 1.807) is 0 Å². The van der Waals surface area contributed by atoms with E-state index in [-0.39, 0.29) is 0 Å². The van der Waals surface area contributed by atoms with Crippen LogP contribution in [-0.4, -0.2) is 4.57 Å². The topological polar surface area (TPSA) is 4.93 Å². The first-order valence-electron chi connectivity index (χ1n) is 11.5. The zero-order valence-corrected chi connectivity index (χ0v) is 19.9. The number of hydrogen-bond donors (Lipinski definition) is 0. The van der Waals surface area contributed by atoms with Gasteiger partial charge in [0.2, 0.25) is 0 Å². The van der Waals surface area contributed by atoms with Crippen LogP contribution < -0.4 is 0 Å². The average molecular weight is 430 g/mol. The van der Waals surface area contributed by atoms with Gasteiger partial charge in [-0.1, -0.05) is 96.6 Å². The Kier molecular flexibility index (Phi) is 6.90. The molecular weight excluding hydrogens is 398 g/mol. The van der Waals surface area contributed by atoms with Gasteiger partial charge >= 0.3 is 0 Å². The van der Waals surface area contributed by atoms with E-state index in [0.717, 1.165) is 0 Å². The molecule has 1 heteroatoms. The SMILES string of the molecule is C/C=C\c1ccc2c3cc(/C=C/C)ccc3n(-c3ccccc3)c2c1C.Cc1ccccc1. The Bertz CT molecular complexity index is 1420. The molecule has 0 spiro atoms. The summed E-state index contributed by atoms with van der Waals surface area (Å²) in [6, 6.07) is 32.1. The van der Waals surface area contributed by atoms with Crippen molar-refractivity contribution >= 4 is 34.0 Å². The maximum Gasteiger partial charge on any atom is 0.0576 e. The molecule has 0 aliphatic heterocycles. The fraction of sp³-hybridized carbons (Fsp3) is 0.125. The van der Waals surface area contributed by atoms with Gasteiger partial charge in [0.25, 0.3) is 0 Å². The molecule has 4 aromatic carbocycles. The molecule has 0 unspecified atom stereocenters. The van der Waals surface area contributed by atoms with Crippen molar-refractivity contribution in [3.63, 3.8) is 0 Å². The van der Waals surface area contributed by atoms with E-state index in [4.69, 9.17) is 0 Å². The van der Waals surface area contributed by atoms with E-state index < -0.39 is 0 Å². The van der Waals surface area contributed by atoms with E-state index in [1.807, 2.05) is 18.2 Å². The second-order valence-corrected chi connectivity index (χ2v) is 8.28. The van der Waals surface area contributed by atoms with Crippen LogP contribution in [0, 0.1) is 13.8 Å². The predicted octanol–water partition coefficient (Wildman–Crippen LogP) is 9.15. The van der Waals surface area contributed by atoms with Crippen LogP contribution in [-0.2, 0) is 0 Å². The lowest BCUT2D eigenvalue weighted by Crippen LogP contribution is -1.96. The van der Waals surface area contributed by atoms with Gasteiger partial charge in [0.15, 0.2) is 0 Å². The summed E-state index contributed by atoms with van der Waals surface area (Å²) in [5, 5.41) is 2.61. The van der Waals surface area contributed by atoms with Crippen LogP contribution in [0.2, 0.25) is 0 Å². The second kappa shape index (κ2) is 10.2. The van der Waals surface area contributed by atoms with E-state index in [9.17, 15) is 0 Å². The average Bonchev–Trinajstić information content (AvgIpc) is 3.17. The van der Waals surface area contributed by atoms with Gasteiger partial charge in [-0.15, -0.1) is 0 Å². The van der Waals surface area contributed by atoms with Crippen molar-refractivity contribution in [2.45, 2.75) is 27.7 Å². The number of aromatic nitrogens is 1. The molecule has 1 nitrogen and oxygen atoms in total. The normalized spacial score (nSPS) is 11.4. The maximum atomic E-state index is 2.40. The first kappa shape index (κ1) is 22.4. The summed E-state index contributed by atoms with van der Waals surface area (Å²) in [5.74, 6) is 0. The zero-order chi connectivity index (χ0) is 23.2. The molecule has 1 heterocycles. The minimum Gasteiger partial charge on any atom is -0.309 e. The summed E-state index contributed by atoms with van der Waals surface area (Å²) in [4.78, 5) is 0. The third kappa shape index (κ3) is 4.68. The van der Waals surface area contributed by atoms with Gasteiger partial charge < -0.3 is 4.57 Å². The molecule has 33 heavy (non-hydrogen) atoms. The molecule has 5 aromatic rings. The monoisotopic (exact) mass is 429 g/mol. The minimum absolute atomic E-state index is 1.20. The molecule has 0 radical (unpaired) electrons. The first-order chi connectivity index (χ1) is 16.1. The van der Waals surface area contributed by atoms with Crippen LogP contribution in [0.25, 0.3) is 39.6 Å². The van der Waals surface area contributed by atoms with Gasteiger partial charge in [-0.25, -0.2) is 0 Å². The number of fused-ring (bicyclic) bond motifs is 3. The number of aryl methyl sites for hydroxylation is 2. The molecule has 0 amide bonds. The number of hydrogen-bond acceptors (Lipinski definition) is 0. The third-order valence-electron chi connectivity index (χ3n) is 5.91. The maximum absolute atomic E-state index is 2.40. The summed E-state index contributed by atoms with van der Waals surface area (Å²) in [6.45, 7) is 8.44. The molecule has 0 saturated carbocycles. The molecule has 0 N–H and O–H groups in total. The molecule has 0 atom stereocenters. The van der Waals surface area contributed by atoms with E-state index in [0.29, 0.717) is 0 Å². The van der Waals surface area contributed by atoms with Crippen LogP contribution in [0.15, 0.2) is 103 Å². The van der Waals surface area contributed by atoms with Gasteiger partial charge in [0.05, 0.1) is 11.0 Å². The highest BCUT2D eigenvalue weighted by atomic mass is 15.0. The Morgan fingerprint density at radius 1 is 0.636 bits per heavy atom. The number of rotatable bonds is 3. The summed E-state index contributed by atoms with van der Waals surface area (Å²) in [6.07, 6.45) is 8.54. The van der Waals surface area contributed by atoms with Crippen LogP contribution >= 0.6 is 0 Å². The van der Waals surface area contributed by atoms with Gasteiger partial charge in [-0.2, -0.15) is 0 Å². The summed E-state index contributed by atoms with van der Waals surface area (Å²) >= 11 is 0. The van der Waals surface area contributed by atoms with E-state index in [1.165, 1.54) is 49.7 Å². The van der Waals surface area contributed by atoms with Gasteiger partial charge in [-0.3, -0.25) is 0 Å². The molecule has 1 aromatic heterocycles. The van der Waals surface area contributed by atoms with Crippen molar-refractivity contribution in [2.24, 2.45) is 0 Å².